The van der Waals surface area contributed by atoms with E-state index in [-0.39, 0.29) is 12.3 Å². The summed E-state index contributed by atoms with van der Waals surface area (Å²) in [7, 11) is 0. The molecule has 6 nitrogen and oxygen atoms in total. The van der Waals surface area contributed by atoms with Gasteiger partial charge in [0.15, 0.2) is 5.78 Å². The summed E-state index contributed by atoms with van der Waals surface area (Å²) in [5.74, 6) is -0.738. The van der Waals surface area contributed by atoms with Crippen molar-refractivity contribution in [2.24, 2.45) is 0 Å². The van der Waals surface area contributed by atoms with Gasteiger partial charge in [0.05, 0.1) is 12.2 Å². The first kappa shape index (κ1) is 15.0. The second-order valence-corrected chi connectivity index (χ2v) is 5.82. The number of ketones is 1. The van der Waals surface area contributed by atoms with Crippen LogP contribution < -0.4 is 5.32 Å². The smallest absolute Gasteiger partial charge is 0.325 e. The van der Waals surface area contributed by atoms with Gasteiger partial charge in [-0.05, 0) is 31.5 Å². The largest absolute Gasteiger partial charge is 0.359 e. The number of urea groups is 1. The molecule has 3 rings (SSSR count). The number of rotatable bonds is 4. The van der Waals surface area contributed by atoms with Gasteiger partial charge in [0, 0.05) is 6.20 Å². The predicted octanol–water partition coefficient (Wildman–Crippen LogP) is 1.97. The third kappa shape index (κ3) is 2.52. The maximum Gasteiger partial charge on any atom is 0.325 e. The molecule has 0 unspecified atom stereocenters. The lowest BCUT2D eigenvalue weighted by molar-refractivity contribution is -0.130. The van der Waals surface area contributed by atoms with E-state index in [0.717, 1.165) is 10.5 Å². The Morgan fingerprint density at radius 2 is 1.87 bits per heavy atom. The predicted molar refractivity (Wildman–Crippen MR) is 83.9 cm³/mol. The number of hydrogen-bond donors (Lipinski definition) is 2. The van der Waals surface area contributed by atoms with E-state index < -0.39 is 17.5 Å². The van der Waals surface area contributed by atoms with Gasteiger partial charge >= 0.3 is 6.03 Å². The molecule has 0 spiro atoms. The number of hydrogen-bond acceptors (Lipinski definition) is 3. The van der Waals surface area contributed by atoms with Crippen LogP contribution in [-0.4, -0.2) is 34.2 Å². The van der Waals surface area contributed by atoms with Gasteiger partial charge < -0.3 is 10.3 Å². The van der Waals surface area contributed by atoms with E-state index in [2.05, 4.69) is 10.3 Å². The van der Waals surface area contributed by atoms with Crippen molar-refractivity contribution in [1.82, 2.24) is 15.2 Å². The van der Waals surface area contributed by atoms with Crippen LogP contribution in [0.15, 0.2) is 42.6 Å². The first-order valence-corrected chi connectivity index (χ1v) is 7.29. The molecule has 118 valence electrons. The number of aryl methyl sites for hydroxylation is 1. The molecule has 6 heteroatoms. The Kier molecular flexibility index (Phi) is 3.52. The average Bonchev–Trinajstić information content (AvgIpc) is 3.12. The van der Waals surface area contributed by atoms with E-state index in [9.17, 15) is 14.4 Å². The summed E-state index contributed by atoms with van der Waals surface area (Å²) in [6, 6.07) is 10.1. The molecule has 2 aromatic rings. The molecule has 0 bridgehead atoms. The fourth-order valence-electron chi connectivity index (χ4n) is 2.66. The molecule has 23 heavy (non-hydrogen) atoms. The topological polar surface area (TPSA) is 82.3 Å². The number of nitrogens with one attached hydrogen (secondary N) is 2. The monoisotopic (exact) mass is 311 g/mol. The zero-order chi connectivity index (χ0) is 16.6. The third-order valence-corrected chi connectivity index (χ3v) is 4.10. The second-order valence-electron chi connectivity index (χ2n) is 5.82. The lowest BCUT2D eigenvalue weighted by Gasteiger charge is -2.22. The van der Waals surface area contributed by atoms with Crippen LogP contribution in [0.3, 0.4) is 0 Å². The maximum absolute atomic E-state index is 12.7. The Morgan fingerprint density at radius 3 is 2.48 bits per heavy atom. The van der Waals surface area contributed by atoms with Crippen LogP contribution >= 0.6 is 0 Å². The quantitative estimate of drug-likeness (QED) is 0.669. The number of amides is 3. The lowest BCUT2D eigenvalue weighted by atomic mass is 9.91. The SMILES string of the molecule is Cc1ccc([C@]2(C)NC(=O)N(CC(=O)c3ccc[nH]3)C2=O)cc1. The van der Waals surface area contributed by atoms with E-state index in [0.29, 0.717) is 11.3 Å². The minimum atomic E-state index is -1.15. The maximum atomic E-state index is 12.7. The summed E-state index contributed by atoms with van der Waals surface area (Å²) in [5, 5.41) is 2.69. The fraction of sp³-hybridized carbons (Fsp3) is 0.235. The summed E-state index contributed by atoms with van der Waals surface area (Å²) < 4.78 is 0. The number of benzene rings is 1. The van der Waals surface area contributed by atoms with Crippen LogP contribution in [0.4, 0.5) is 4.79 Å². The minimum Gasteiger partial charge on any atom is -0.359 e. The molecular weight excluding hydrogens is 294 g/mol. The van der Waals surface area contributed by atoms with E-state index in [1.165, 1.54) is 0 Å². The first-order chi connectivity index (χ1) is 10.9. The van der Waals surface area contributed by atoms with Gasteiger partial charge in [0.25, 0.3) is 5.91 Å². The molecule has 1 saturated heterocycles. The summed E-state index contributed by atoms with van der Waals surface area (Å²) in [6.45, 7) is 3.31. The average molecular weight is 311 g/mol. The summed E-state index contributed by atoms with van der Waals surface area (Å²) in [4.78, 5) is 40.8. The Bertz CT molecular complexity index is 765. The second kappa shape index (κ2) is 5.39. The summed E-state index contributed by atoms with van der Waals surface area (Å²) in [5.41, 5.74) is 0.972. The van der Waals surface area contributed by atoms with Gasteiger partial charge in [-0.1, -0.05) is 29.8 Å². The molecule has 1 atom stereocenters. The molecule has 0 radical (unpaired) electrons. The minimum absolute atomic E-state index is 0.285. The van der Waals surface area contributed by atoms with Gasteiger partial charge in [-0.15, -0.1) is 0 Å². The zero-order valence-corrected chi connectivity index (χ0v) is 12.9. The molecule has 3 amide bonds. The van der Waals surface area contributed by atoms with Gasteiger partial charge in [-0.2, -0.15) is 0 Å². The Balaban J connectivity index is 1.85. The standard InChI is InChI=1S/C17H17N3O3/c1-11-5-7-12(8-6-11)17(2)15(22)20(16(23)19-17)10-14(21)13-4-3-9-18-13/h3-9,18H,10H2,1-2H3,(H,19,23)/t17-/m0/s1. The fourth-order valence-corrected chi connectivity index (χ4v) is 2.66. The molecular formula is C17H17N3O3. The Labute approximate surface area is 133 Å². The highest BCUT2D eigenvalue weighted by atomic mass is 16.2. The molecule has 2 heterocycles. The molecule has 1 aliphatic heterocycles. The van der Waals surface area contributed by atoms with Crippen LogP contribution in [0, 0.1) is 6.92 Å². The van der Waals surface area contributed by atoms with Gasteiger partial charge in [0.2, 0.25) is 0 Å². The van der Waals surface area contributed by atoms with Crippen molar-refractivity contribution in [3.05, 3.63) is 59.4 Å². The normalized spacial score (nSPS) is 20.7. The van der Waals surface area contributed by atoms with Crippen molar-refractivity contribution in [3.63, 3.8) is 0 Å². The first-order valence-electron chi connectivity index (χ1n) is 7.29. The van der Waals surface area contributed by atoms with E-state index in [4.69, 9.17) is 0 Å². The van der Waals surface area contributed by atoms with E-state index in [1.54, 1.807) is 25.3 Å². The molecule has 0 saturated carbocycles. The van der Waals surface area contributed by atoms with E-state index in [1.807, 2.05) is 31.2 Å². The summed E-state index contributed by atoms with van der Waals surface area (Å²) in [6.07, 6.45) is 1.62. The van der Waals surface area contributed by atoms with Gasteiger partial charge in [-0.25, -0.2) is 4.79 Å². The third-order valence-electron chi connectivity index (χ3n) is 4.10. The van der Waals surface area contributed by atoms with E-state index >= 15 is 0 Å². The highest BCUT2D eigenvalue weighted by molar-refractivity contribution is 6.10. The number of nitrogens with zero attached hydrogens (tertiary/aromatic N) is 1. The van der Waals surface area contributed by atoms with Crippen LogP contribution in [0.5, 0.6) is 0 Å². The van der Waals surface area contributed by atoms with Gasteiger partial charge in [-0.3, -0.25) is 14.5 Å². The van der Waals surface area contributed by atoms with Crippen molar-refractivity contribution in [3.8, 4) is 0 Å². The Hall–Kier alpha value is -2.89. The number of carbonyl (C=O) groups excluding carboxylic acids is 3. The van der Waals surface area contributed by atoms with Crippen LogP contribution in [0.2, 0.25) is 0 Å². The van der Waals surface area contributed by atoms with Crippen molar-refractivity contribution in [2.45, 2.75) is 19.4 Å². The number of imide groups is 1. The van der Waals surface area contributed by atoms with Crippen molar-refractivity contribution in [1.29, 1.82) is 0 Å². The molecule has 0 aliphatic carbocycles. The van der Waals surface area contributed by atoms with Crippen LogP contribution in [0.25, 0.3) is 0 Å². The highest BCUT2D eigenvalue weighted by Gasteiger charge is 2.49. The number of Topliss-reactive ketones (excluding diaryl/α,β-unsaturated/α-hetero) is 1. The zero-order valence-electron chi connectivity index (χ0n) is 12.9. The molecule has 1 aromatic carbocycles. The lowest BCUT2D eigenvalue weighted by Crippen LogP contribution is -2.41. The number of aromatic amines is 1. The van der Waals surface area contributed by atoms with Crippen LogP contribution in [0.1, 0.15) is 28.5 Å². The number of H-pyrrole nitrogens is 1. The highest BCUT2D eigenvalue weighted by Crippen LogP contribution is 2.29. The number of aromatic nitrogens is 1. The summed E-state index contributed by atoms with van der Waals surface area (Å²) >= 11 is 0. The van der Waals surface area contributed by atoms with Crippen LogP contribution in [-0.2, 0) is 10.3 Å². The molecule has 1 aliphatic rings. The molecule has 1 aromatic heterocycles. The number of carbonyl (C=O) groups is 3. The van der Waals surface area contributed by atoms with Crippen molar-refractivity contribution >= 4 is 17.7 Å². The molecule has 2 N–H and O–H groups in total. The Morgan fingerprint density at radius 1 is 1.17 bits per heavy atom. The van der Waals surface area contributed by atoms with Gasteiger partial charge in [0.1, 0.15) is 5.54 Å². The van der Waals surface area contributed by atoms with Crippen molar-refractivity contribution < 1.29 is 14.4 Å². The molecule has 1 fully saturated rings. The van der Waals surface area contributed by atoms with Crippen molar-refractivity contribution in [2.75, 3.05) is 6.54 Å².